The largest absolute Gasteiger partial charge is 0.492 e. The van der Waals surface area contributed by atoms with Gasteiger partial charge in [-0.15, -0.1) is 0 Å². The Balaban J connectivity index is 1.70. The molecule has 0 saturated carbocycles. The third-order valence-corrected chi connectivity index (χ3v) is 3.69. The number of ether oxygens (including phenoxy) is 1. The van der Waals surface area contributed by atoms with Gasteiger partial charge in [0.1, 0.15) is 18.1 Å². The molecule has 0 aliphatic rings. The second-order valence-electron chi connectivity index (χ2n) is 5.85. The maximum atomic E-state index is 12.5. The fraction of sp³-hybridized carbons (Fsp3) is 0.211. The molecule has 1 N–H and O–H groups in total. The van der Waals surface area contributed by atoms with Crippen LogP contribution in [0, 0.1) is 0 Å². The number of hydrogen-bond acceptors (Lipinski definition) is 3. The zero-order valence-electron chi connectivity index (χ0n) is 13.9. The molecule has 0 radical (unpaired) electrons. The van der Waals surface area contributed by atoms with Gasteiger partial charge in [-0.05, 0) is 50.5 Å². The summed E-state index contributed by atoms with van der Waals surface area (Å²) >= 11 is 0. The summed E-state index contributed by atoms with van der Waals surface area (Å²) in [5.41, 5.74) is 2.31. The zero-order valence-corrected chi connectivity index (χ0v) is 13.9. The third-order valence-electron chi connectivity index (χ3n) is 3.69. The van der Waals surface area contributed by atoms with Crippen LogP contribution in [0.2, 0.25) is 0 Å². The number of anilines is 1. The van der Waals surface area contributed by atoms with Crippen molar-refractivity contribution in [3.63, 3.8) is 0 Å². The van der Waals surface area contributed by atoms with Gasteiger partial charge in [-0.3, -0.25) is 4.79 Å². The molecule has 0 bridgehead atoms. The highest BCUT2D eigenvalue weighted by molar-refractivity contribution is 6.04. The average Bonchev–Trinajstić information content (AvgIpc) is 2.99. The van der Waals surface area contributed by atoms with E-state index in [-0.39, 0.29) is 5.91 Å². The fourth-order valence-corrected chi connectivity index (χ4v) is 2.45. The number of fused-ring (bicyclic) bond motifs is 1. The molecule has 5 nitrogen and oxygen atoms in total. The first-order valence-corrected chi connectivity index (χ1v) is 7.88. The van der Waals surface area contributed by atoms with Crippen LogP contribution < -0.4 is 10.1 Å². The van der Waals surface area contributed by atoms with Crippen LogP contribution in [-0.2, 0) is 0 Å². The van der Waals surface area contributed by atoms with Crippen LogP contribution >= 0.6 is 0 Å². The number of aromatic nitrogens is 1. The van der Waals surface area contributed by atoms with E-state index in [1.165, 1.54) is 0 Å². The van der Waals surface area contributed by atoms with E-state index in [1.807, 2.05) is 79.3 Å². The predicted molar refractivity (Wildman–Crippen MR) is 95.8 cm³/mol. The maximum absolute atomic E-state index is 12.5. The van der Waals surface area contributed by atoms with Gasteiger partial charge in [0.2, 0.25) is 0 Å². The number of nitrogens with zero attached hydrogens (tertiary/aromatic N) is 2. The van der Waals surface area contributed by atoms with Crippen molar-refractivity contribution in [3.05, 3.63) is 66.5 Å². The molecule has 2 aromatic heterocycles. The van der Waals surface area contributed by atoms with Crippen LogP contribution in [0.5, 0.6) is 5.75 Å². The molecule has 0 atom stereocenters. The lowest BCUT2D eigenvalue weighted by molar-refractivity contribution is 0.102. The minimum Gasteiger partial charge on any atom is -0.492 e. The summed E-state index contributed by atoms with van der Waals surface area (Å²) in [6, 6.07) is 17.0. The molecule has 0 saturated heterocycles. The number of carbonyl (C=O) groups is 1. The summed E-state index contributed by atoms with van der Waals surface area (Å²) in [4.78, 5) is 14.6. The maximum Gasteiger partial charge on any atom is 0.272 e. The number of rotatable bonds is 6. The average molecular weight is 323 g/mol. The Morgan fingerprint density at radius 3 is 2.83 bits per heavy atom. The summed E-state index contributed by atoms with van der Waals surface area (Å²) in [6.45, 7) is 1.44. The number of benzene rings is 1. The smallest absolute Gasteiger partial charge is 0.272 e. The lowest BCUT2D eigenvalue weighted by Crippen LogP contribution is -2.19. The molecular weight excluding hydrogens is 302 g/mol. The van der Waals surface area contributed by atoms with Gasteiger partial charge in [-0.25, -0.2) is 0 Å². The summed E-state index contributed by atoms with van der Waals surface area (Å²) in [7, 11) is 4.00. The summed E-state index contributed by atoms with van der Waals surface area (Å²) in [5.74, 6) is 0.598. The van der Waals surface area contributed by atoms with Crippen LogP contribution in [0.3, 0.4) is 0 Å². The standard InChI is InChI=1S/C19H21N3O2/c1-21(2)12-13-24-17-8-5-6-15(14-17)20-19(23)18-10-9-16-7-3-4-11-22(16)18/h3-11,14H,12-13H2,1-2H3,(H,20,23). The Labute approximate surface area is 141 Å². The molecule has 5 heteroatoms. The number of pyridine rings is 1. The molecule has 1 amide bonds. The molecule has 2 heterocycles. The second-order valence-corrected chi connectivity index (χ2v) is 5.85. The van der Waals surface area contributed by atoms with Crippen molar-refractivity contribution in [2.24, 2.45) is 0 Å². The van der Waals surface area contributed by atoms with Crippen molar-refractivity contribution in [1.29, 1.82) is 0 Å². The van der Waals surface area contributed by atoms with Gasteiger partial charge in [0.25, 0.3) is 5.91 Å². The number of carbonyl (C=O) groups excluding carboxylic acids is 1. The van der Waals surface area contributed by atoms with E-state index < -0.39 is 0 Å². The Bertz CT molecular complexity index is 839. The molecule has 0 unspecified atom stereocenters. The van der Waals surface area contributed by atoms with E-state index in [1.54, 1.807) is 0 Å². The molecule has 0 aliphatic heterocycles. The first-order valence-electron chi connectivity index (χ1n) is 7.88. The number of nitrogens with one attached hydrogen (secondary N) is 1. The summed E-state index contributed by atoms with van der Waals surface area (Å²) < 4.78 is 7.57. The molecule has 3 rings (SSSR count). The number of hydrogen-bond donors (Lipinski definition) is 1. The van der Waals surface area contributed by atoms with Gasteiger partial charge in [0.05, 0.1) is 0 Å². The van der Waals surface area contributed by atoms with E-state index >= 15 is 0 Å². The topological polar surface area (TPSA) is 46.0 Å². The van der Waals surface area contributed by atoms with Crippen molar-refractivity contribution in [2.45, 2.75) is 0 Å². The highest BCUT2D eigenvalue weighted by Gasteiger charge is 2.11. The van der Waals surface area contributed by atoms with Crippen molar-refractivity contribution in [3.8, 4) is 5.75 Å². The number of amides is 1. The first-order chi connectivity index (χ1) is 11.6. The second kappa shape index (κ2) is 7.19. The molecule has 0 spiro atoms. The van der Waals surface area contributed by atoms with E-state index in [9.17, 15) is 4.79 Å². The minimum absolute atomic E-state index is 0.147. The van der Waals surface area contributed by atoms with Crippen LogP contribution in [0.4, 0.5) is 5.69 Å². The molecular formula is C19H21N3O2. The van der Waals surface area contributed by atoms with Gasteiger partial charge in [-0.1, -0.05) is 12.1 Å². The normalized spacial score (nSPS) is 11.0. The van der Waals surface area contributed by atoms with Gasteiger partial charge in [0.15, 0.2) is 0 Å². The minimum atomic E-state index is -0.147. The Kier molecular flexibility index (Phi) is 4.82. The lowest BCUT2D eigenvalue weighted by atomic mass is 10.3. The number of likely N-dealkylation sites (N-methyl/N-ethyl adjacent to an activating group) is 1. The highest BCUT2D eigenvalue weighted by atomic mass is 16.5. The third kappa shape index (κ3) is 3.75. The van der Waals surface area contributed by atoms with E-state index in [0.29, 0.717) is 18.0 Å². The van der Waals surface area contributed by atoms with E-state index in [0.717, 1.165) is 17.8 Å². The van der Waals surface area contributed by atoms with Crippen molar-refractivity contribution in [2.75, 3.05) is 32.6 Å². The van der Waals surface area contributed by atoms with Crippen molar-refractivity contribution < 1.29 is 9.53 Å². The molecule has 3 aromatic rings. The summed E-state index contributed by atoms with van der Waals surface area (Å²) in [5, 5.41) is 2.93. The molecule has 0 aliphatic carbocycles. The fourth-order valence-electron chi connectivity index (χ4n) is 2.45. The van der Waals surface area contributed by atoms with Gasteiger partial charge < -0.3 is 19.4 Å². The van der Waals surface area contributed by atoms with Crippen LogP contribution in [0.1, 0.15) is 10.5 Å². The van der Waals surface area contributed by atoms with Gasteiger partial charge in [-0.2, -0.15) is 0 Å². The molecule has 0 fully saturated rings. The van der Waals surface area contributed by atoms with Crippen molar-refractivity contribution >= 4 is 17.1 Å². The van der Waals surface area contributed by atoms with Gasteiger partial charge >= 0.3 is 0 Å². The molecule has 124 valence electrons. The quantitative estimate of drug-likeness (QED) is 0.758. The predicted octanol–water partition coefficient (Wildman–Crippen LogP) is 3.13. The SMILES string of the molecule is CN(C)CCOc1cccc(NC(=O)c2ccc3ccccn23)c1. The Morgan fingerprint density at radius 1 is 1.12 bits per heavy atom. The summed E-state index contributed by atoms with van der Waals surface area (Å²) in [6.07, 6.45) is 1.88. The first kappa shape index (κ1) is 16.1. The van der Waals surface area contributed by atoms with Crippen LogP contribution in [0.15, 0.2) is 60.8 Å². The lowest BCUT2D eigenvalue weighted by Gasteiger charge is -2.12. The Morgan fingerprint density at radius 2 is 2.00 bits per heavy atom. The monoisotopic (exact) mass is 323 g/mol. The van der Waals surface area contributed by atoms with E-state index in [2.05, 4.69) is 10.2 Å². The van der Waals surface area contributed by atoms with Crippen molar-refractivity contribution in [1.82, 2.24) is 9.30 Å². The Hall–Kier alpha value is -2.79. The van der Waals surface area contributed by atoms with Gasteiger partial charge in [0, 0.05) is 30.0 Å². The van der Waals surface area contributed by atoms with E-state index in [4.69, 9.17) is 4.74 Å². The van der Waals surface area contributed by atoms with Crippen LogP contribution in [-0.4, -0.2) is 42.5 Å². The molecule has 24 heavy (non-hydrogen) atoms. The van der Waals surface area contributed by atoms with Crippen LogP contribution in [0.25, 0.3) is 5.52 Å². The molecule has 1 aromatic carbocycles. The zero-order chi connectivity index (χ0) is 16.9. The highest BCUT2D eigenvalue weighted by Crippen LogP contribution is 2.19.